The molecule has 7 nitrogen and oxygen atoms in total. The number of nitrogens with zero attached hydrogens (tertiary/aromatic N) is 1. The second kappa shape index (κ2) is 6.98. The minimum Gasteiger partial charge on any atom is -0.325 e. The molecule has 0 atom stereocenters. The largest absolute Gasteiger partial charge is 0.325 e. The van der Waals surface area contributed by atoms with E-state index in [-0.39, 0.29) is 16.3 Å². The monoisotopic (exact) mass is 368 g/mol. The van der Waals surface area contributed by atoms with Gasteiger partial charge in [0.05, 0.1) is 9.82 Å². The van der Waals surface area contributed by atoms with Crippen LogP contribution >= 0.6 is 11.6 Å². The highest BCUT2D eigenvalue weighted by Crippen LogP contribution is 2.22. The van der Waals surface area contributed by atoms with E-state index < -0.39 is 26.4 Å². The molecule has 0 unspecified atom stereocenters. The average Bonchev–Trinajstić information content (AvgIpc) is 2.48. The Bertz CT molecular complexity index is 895. The van der Waals surface area contributed by atoms with Gasteiger partial charge in [-0.3, -0.25) is 14.9 Å². The van der Waals surface area contributed by atoms with Crippen LogP contribution in [0.1, 0.15) is 5.56 Å². The molecule has 1 N–H and O–H groups in total. The minimum absolute atomic E-state index is 0.0306. The van der Waals surface area contributed by atoms with E-state index in [1.54, 1.807) is 6.92 Å². The van der Waals surface area contributed by atoms with Crippen molar-refractivity contribution < 1.29 is 18.1 Å². The third-order valence-corrected chi connectivity index (χ3v) is 5.07. The number of carbonyl (C=O) groups excluding carboxylic acids is 1. The quantitative estimate of drug-likeness (QED) is 0.645. The van der Waals surface area contributed by atoms with Crippen molar-refractivity contribution in [3.63, 3.8) is 0 Å². The first-order valence-electron chi connectivity index (χ1n) is 6.72. The number of nitro groups is 1. The molecule has 0 bridgehead atoms. The molecular weight excluding hydrogens is 356 g/mol. The molecule has 0 aliphatic carbocycles. The maximum absolute atomic E-state index is 12.2. The number of amides is 1. The van der Waals surface area contributed by atoms with Crippen molar-refractivity contribution in [3.05, 3.63) is 63.2 Å². The average molecular weight is 369 g/mol. The summed E-state index contributed by atoms with van der Waals surface area (Å²) in [6.07, 6.45) is 0. The van der Waals surface area contributed by atoms with E-state index in [9.17, 15) is 23.3 Å². The highest BCUT2D eigenvalue weighted by Gasteiger charge is 2.20. The molecule has 0 saturated carbocycles. The normalized spacial score (nSPS) is 11.1. The van der Waals surface area contributed by atoms with Crippen molar-refractivity contribution in [1.29, 1.82) is 0 Å². The SMILES string of the molecule is Cc1ccc(NC(=O)CS(=O)(=O)c2ccc(Cl)cc2)cc1[N+](=O)[O-]. The van der Waals surface area contributed by atoms with Gasteiger partial charge >= 0.3 is 0 Å². The lowest BCUT2D eigenvalue weighted by atomic mass is 10.2. The van der Waals surface area contributed by atoms with Crippen LogP contribution in [-0.2, 0) is 14.6 Å². The van der Waals surface area contributed by atoms with E-state index >= 15 is 0 Å². The molecule has 0 aliphatic rings. The van der Waals surface area contributed by atoms with Crippen LogP contribution in [0.15, 0.2) is 47.4 Å². The van der Waals surface area contributed by atoms with E-state index in [2.05, 4.69) is 5.32 Å². The van der Waals surface area contributed by atoms with E-state index in [1.165, 1.54) is 42.5 Å². The molecule has 0 aromatic heterocycles. The van der Waals surface area contributed by atoms with Gasteiger partial charge in [0, 0.05) is 22.3 Å². The molecule has 126 valence electrons. The Morgan fingerprint density at radius 1 is 1.21 bits per heavy atom. The Kier molecular flexibility index (Phi) is 5.20. The molecule has 0 saturated heterocycles. The lowest BCUT2D eigenvalue weighted by molar-refractivity contribution is -0.385. The summed E-state index contributed by atoms with van der Waals surface area (Å²) in [5.74, 6) is -1.57. The van der Waals surface area contributed by atoms with Crippen LogP contribution in [0.3, 0.4) is 0 Å². The standard InChI is InChI=1S/C15H13ClN2O5S/c1-10-2-5-12(8-14(10)18(20)21)17-15(19)9-24(22,23)13-6-3-11(16)4-7-13/h2-8H,9H2,1H3,(H,17,19). The van der Waals surface area contributed by atoms with Crippen LogP contribution in [0.2, 0.25) is 5.02 Å². The van der Waals surface area contributed by atoms with E-state index in [0.29, 0.717) is 10.6 Å². The summed E-state index contributed by atoms with van der Waals surface area (Å²) in [6.45, 7) is 1.56. The van der Waals surface area contributed by atoms with Crippen molar-refractivity contribution in [2.24, 2.45) is 0 Å². The molecular formula is C15H13ClN2O5S. The van der Waals surface area contributed by atoms with Gasteiger partial charge in [0.25, 0.3) is 5.69 Å². The second-order valence-corrected chi connectivity index (χ2v) is 7.45. The molecule has 2 aromatic rings. The number of sulfone groups is 1. The summed E-state index contributed by atoms with van der Waals surface area (Å²) >= 11 is 5.70. The van der Waals surface area contributed by atoms with Crippen molar-refractivity contribution in [2.45, 2.75) is 11.8 Å². The van der Waals surface area contributed by atoms with Crippen LogP contribution in [0.25, 0.3) is 0 Å². The molecule has 0 spiro atoms. The van der Waals surface area contributed by atoms with Gasteiger partial charge in [-0.2, -0.15) is 0 Å². The fourth-order valence-electron chi connectivity index (χ4n) is 1.98. The molecule has 0 aliphatic heterocycles. The van der Waals surface area contributed by atoms with Gasteiger partial charge in [-0.15, -0.1) is 0 Å². The van der Waals surface area contributed by atoms with Gasteiger partial charge in [0.2, 0.25) is 5.91 Å². The summed E-state index contributed by atoms with van der Waals surface area (Å²) in [6, 6.07) is 9.56. The number of anilines is 1. The topological polar surface area (TPSA) is 106 Å². The van der Waals surface area contributed by atoms with Crippen LogP contribution < -0.4 is 5.32 Å². The predicted molar refractivity (Wildman–Crippen MR) is 90.0 cm³/mol. The molecule has 0 radical (unpaired) electrons. The Morgan fingerprint density at radius 3 is 2.42 bits per heavy atom. The fraction of sp³-hybridized carbons (Fsp3) is 0.133. The van der Waals surface area contributed by atoms with E-state index in [1.807, 2.05) is 0 Å². The fourth-order valence-corrected chi connectivity index (χ4v) is 3.24. The number of hydrogen-bond acceptors (Lipinski definition) is 5. The Balaban J connectivity index is 2.14. The Hall–Kier alpha value is -2.45. The van der Waals surface area contributed by atoms with Crippen molar-refractivity contribution >= 4 is 38.7 Å². The van der Waals surface area contributed by atoms with Gasteiger partial charge in [0.15, 0.2) is 9.84 Å². The number of halogens is 1. The summed E-state index contributed by atoms with van der Waals surface area (Å²) < 4.78 is 24.3. The Morgan fingerprint density at radius 2 is 1.83 bits per heavy atom. The van der Waals surface area contributed by atoms with Crippen molar-refractivity contribution in [2.75, 3.05) is 11.1 Å². The summed E-state index contributed by atoms with van der Waals surface area (Å²) in [7, 11) is -3.84. The first-order valence-corrected chi connectivity index (χ1v) is 8.75. The van der Waals surface area contributed by atoms with Crippen LogP contribution in [-0.4, -0.2) is 25.0 Å². The van der Waals surface area contributed by atoms with E-state index in [4.69, 9.17) is 11.6 Å². The highest BCUT2D eigenvalue weighted by atomic mass is 35.5. The number of hydrogen-bond donors (Lipinski definition) is 1. The van der Waals surface area contributed by atoms with Gasteiger partial charge < -0.3 is 5.32 Å². The number of benzene rings is 2. The van der Waals surface area contributed by atoms with Gasteiger partial charge in [-0.1, -0.05) is 17.7 Å². The summed E-state index contributed by atoms with van der Waals surface area (Å²) in [4.78, 5) is 22.2. The third-order valence-electron chi connectivity index (χ3n) is 3.18. The van der Waals surface area contributed by atoms with E-state index in [0.717, 1.165) is 0 Å². The molecule has 2 rings (SSSR count). The van der Waals surface area contributed by atoms with Gasteiger partial charge in [-0.05, 0) is 37.3 Å². The lowest BCUT2D eigenvalue weighted by Gasteiger charge is -2.07. The zero-order valence-electron chi connectivity index (χ0n) is 12.5. The minimum atomic E-state index is -3.84. The number of nitro benzene ring substituents is 1. The first-order chi connectivity index (χ1) is 11.2. The number of rotatable bonds is 5. The lowest BCUT2D eigenvalue weighted by Crippen LogP contribution is -2.23. The molecule has 1 amide bonds. The predicted octanol–water partition coefficient (Wildman–Crippen LogP) is 2.97. The third kappa shape index (κ3) is 4.30. The van der Waals surface area contributed by atoms with Gasteiger partial charge in [0.1, 0.15) is 5.75 Å². The second-order valence-electron chi connectivity index (χ2n) is 5.02. The zero-order valence-corrected chi connectivity index (χ0v) is 14.1. The number of nitrogens with one attached hydrogen (secondary N) is 1. The van der Waals surface area contributed by atoms with Crippen LogP contribution in [0, 0.1) is 17.0 Å². The summed E-state index contributed by atoms with van der Waals surface area (Å²) in [5.41, 5.74) is 0.434. The smallest absolute Gasteiger partial charge is 0.274 e. The highest BCUT2D eigenvalue weighted by molar-refractivity contribution is 7.92. The molecule has 2 aromatic carbocycles. The van der Waals surface area contributed by atoms with Crippen LogP contribution in [0.4, 0.5) is 11.4 Å². The Labute approximate surface area is 143 Å². The van der Waals surface area contributed by atoms with Crippen molar-refractivity contribution in [3.8, 4) is 0 Å². The molecule has 9 heteroatoms. The molecule has 24 heavy (non-hydrogen) atoms. The maximum Gasteiger partial charge on any atom is 0.274 e. The molecule has 0 heterocycles. The maximum atomic E-state index is 12.2. The number of aryl methyl sites for hydroxylation is 1. The van der Waals surface area contributed by atoms with Crippen LogP contribution in [0.5, 0.6) is 0 Å². The zero-order chi connectivity index (χ0) is 17.9. The van der Waals surface area contributed by atoms with Crippen molar-refractivity contribution in [1.82, 2.24) is 0 Å². The van der Waals surface area contributed by atoms with Gasteiger partial charge in [-0.25, -0.2) is 8.42 Å². The first kappa shape index (κ1) is 17.9. The number of carbonyl (C=O) groups is 1. The summed E-state index contributed by atoms with van der Waals surface area (Å²) in [5, 5.41) is 13.6. The molecule has 0 fully saturated rings.